The minimum atomic E-state index is -0.398. The molecular weight excluding hydrogens is 296 g/mol. The monoisotopic (exact) mass is 308 g/mol. The molecule has 2 aromatic rings. The third-order valence-corrected chi connectivity index (χ3v) is 4.07. The van der Waals surface area contributed by atoms with E-state index in [0.717, 1.165) is 4.90 Å². The van der Waals surface area contributed by atoms with Crippen molar-refractivity contribution in [3.05, 3.63) is 53.6 Å². The maximum atomic E-state index is 12.6. The van der Waals surface area contributed by atoms with Crippen molar-refractivity contribution < 1.29 is 19.1 Å². The Morgan fingerprint density at radius 2 is 1.57 bits per heavy atom. The second-order valence-electron chi connectivity index (χ2n) is 5.36. The summed E-state index contributed by atoms with van der Waals surface area (Å²) in [6, 6.07) is 11.7. The molecule has 0 spiro atoms. The number of anilines is 2. The van der Waals surface area contributed by atoms with E-state index in [2.05, 4.69) is 0 Å². The second kappa shape index (κ2) is 4.67. The normalized spacial score (nSPS) is 16.3. The summed E-state index contributed by atoms with van der Waals surface area (Å²) in [7, 11) is 1.60. The van der Waals surface area contributed by atoms with E-state index in [9.17, 15) is 14.4 Å². The molecule has 0 N–H and O–H groups in total. The van der Waals surface area contributed by atoms with Gasteiger partial charge in [0.05, 0.1) is 16.8 Å². The molecular formula is C17H12N2O4. The van der Waals surface area contributed by atoms with Crippen molar-refractivity contribution in [1.29, 1.82) is 0 Å². The van der Waals surface area contributed by atoms with Gasteiger partial charge in [0, 0.05) is 7.05 Å². The molecule has 0 bridgehead atoms. The molecule has 6 nitrogen and oxygen atoms in total. The van der Waals surface area contributed by atoms with Crippen LogP contribution in [0, 0.1) is 0 Å². The highest BCUT2D eigenvalue weighted by Gasteiger charge is 2.39. The van der Waals surface area contributed by atoms with Crippen LogP contribution in [0.4, 0.5) is 11.4 Å². The van der Waals surface area contributed by atoms with E-state index in [0.29, 0.717) is 28.3 Å². The van der Waals surface area contributed by atoms with Gasteiger partial charge in [0.15, 0.2) is 6.61 Å². The zero-order valence-corrected chi connectivity index (χ0v) is 12.3. The number of likely N-dealkylation sites (N-methyl/N-ethyl adjacent to an activating group) is 1. The van der Waals surface area contributed by atoms with Gasteiger partial charge in [0.25, 0.3) is 17.7 Å². The van der Waals surface area contributed by atoms with Crippen molar-refractivity contribution >= 4 is 29.1 Å². The van der Waals surface area contributed by atoms with Gasteiger partial charge >= 0.3 is 0 Å². The van der Waals surface area contributed by atoms with E-state index in [1.165, 1.54) is 4.90 Å². The van der Waals surface area contributed by atoms with Gasteiger partial charge in [-0.15, -0.1) is 0 Å². The van der Waals surface area contributed by atoms with Crippen molar-refractivity contribution in [2.24, 2.45) is 0 Å². The number of fused-ring (bicyclic) bond motifs is 2. The average molecular weight is 308 g/mol. The molecule has 2 aliphatic heterocycles. The minimum absolute atomic E-state index is 0.0604. The Hall–Kier alpha value is -3.15. The fraction of sp³-hybridized carbons (Fsp3) is 0.118. The number of carbonyl (C=O) groups is 3. The number of rotatable bonds is 1. The highest BCUT2D eigenvalue weighted by Crippen LogP contribution is 2.42. The molecule has 23 heavy (non-hydrogen) atoms. The Morgan fingerprint density at radius 3 is 2.22 bits per heavy atom. The fourth-order valence-electron chi connectivity index (χ4n) is 2.91. The summed E-state index contributed by atoms with van der Waals surface area (Å²) < 4.78 is 5.41. The summed E-state index contributed by atoms with van der Waals surface area (Å²) in [6.45, 7) is -0.0604. The molecule has 6 heteroatoms. The van der Waals surface area contributed by atoms with Crippen LogP contribution >= 0.6 is 0 Å². The molecule has 0 aromatic heterocycles. The summed E-state index contributed by atoms with van der Waals surface area (Å²) in [6.07, 6.45) is 0. The van der Waals surface area contributed by atoms with Gasteiger partial charge in [-0.1, -0.05) is 18.2 Å². The molecule has 0 radical (unpaired) electrons. The summed E-state index contributed by atoms with van der Waals surface area (Å²) in [4.78, 5) is 39.7. The molecule has 0 fully saturated rings. The molecule has 114 valence electrons. The van der Waals surface area contributed by atoms with Crippen LogP contribution in [-0.4, -0.2) is 31.4 Å². The number of nitrogens with zero attached hydrogens (tertiary/aromatic N) is 2. The van der Waals surface area contributed by atoms with Crippen LogP contribution in [0.2, 0.25) is 0 Å². The lowest BCUT2D eigenvalue weighted by Gasteiger charge is -2.30. The van der Waals surface area contributed by atoms with Gasteiger partial charge in [0.2, 0.25) is 0 Å². The van der Waals surface area contributed by atoms with E-state index < -0.39 is 11.8 Å². The van der Waals surface area contributed by atoms with Crippen LogP contribution in [-0.2, 0) is 4.79 Å². The van der Waals surface area contributed by atoms with Crippen molar-refractivity contribution in [2.75, 3.05) is 23.5 Å². The van der Waals surface area contributed by atoms with E-state index in [4.69, 9.17) is 4.74 Å². The molecule has 0 aliphatic carbocycles. The molecule has 2 aliphatic rings. The Morgan fingerprint density at radius 1 is 0.913 bits per heavy atom. The Bertz CT molecular complexity index is 840. The first-order valence-corrected chi connectivity index (χ1v) is 7.10. The topological polar surface area (TPSA) is 66.9 Å². The van der Waals surface area contributed by atoms with Crippen LogP contribution in [0.25, 0.3) is 0 Å². The van der Waals surface area contributed by atoms with Gasteiger partial charge in [-0.05, 0) is 24.3 Å². The number of amides is 3. The number of hydrogen-bond acceptors (Lipinski definition) is 4. The summed E-state index contributed by atoms with van der Waals surface area (Å²) in [5.74, 6) is -0.557. The van der Waals surface area contributed by atoms with E-state index >= 15 is 0 Å². The highest BCUT2D eigenvalue weighted by atomic mass is 16.5. The third kappa shape index (κ3) is 1.78. The first kappa shape index (κ1) is 13.5. The maximum absolute atomic E-state index is 12.6. The van der Waals surface area contributed by atoms with Gasteiger partial charge in [-0.25, -0.2) is 4.90 Å². The second-order valence-corrected chi connectivity index (χ2v) is 5.36. The first-order chi connectivity index (χ1) is 11.1. The van der Waals surface area contributed by atoms with Crippen LogP contribution in [0.1, 0.15) is 20.7 Å². The van der Waals surface area contributed by atoms with Crippen LogP contribution < -0.4 is 14.5 Å². The lowest BCUT2D eigenvalue weighted by Crippen LogP contribution is -2.38. The van der Waals surface area contributed by atoms with Crippen LogP contribution in [0.15, 0.2) is 42.5 Å². The molecule has 0 saturated carbocycles. The van der Waals surface area contributed by atoms with Crippen molar-refractivity contribution in [3.63, 3.8) is 0 Å². The maximum Gasteiger partial charge on any atom is 0.266 e. The Balaban J connectivity index is 1.89. The Labute approximate surface area is 131 Å². The molecule has 0 atom stereocenters. The van der Waals surface area contributed by atoms with Gasteiger partial charge in [-0.2, -0.15) is 0 Å². The third-order valence-electron chi connectivity index (χ3n) is 4.07. The number of imide groups is 1. The minimum Gasteiger partial charge on any atom is -0.481 e. The number of benzene rings is 2. The predicted molar refractivity (Wildman–Crippen MR) is 82.9 cm³/mol. The van der Waals surface area contributed by atoms with Crippen molar-refractivity contribution in [2.45, 2.75) is 0 Å². The molecule has 2 aromatic carbocycles. The lowest BCUT2D eigenvalue weighted by molar-refractivity contribution is -0.120. The number of para-hydroxylation sites is 1. The molecule has 4 rings (SSSR count). The zero-order valence-electron chi connectivity index (χ0n) is 12.3. The van der Waals surface area contributed by atoms with E-state index in [-0.39, 0.29) is 12.5 Å². The number of carbonyl (C=O) groups excluding carboxylic acids is 3. The molecule has 0 saturated heterocycles. The van der Waals surface area contributed by atoms with Crippen molar-refractivity contribution in [1.82, 2.24) is 0 Å². The smallest absolute Gasteiger partial charge is 0.266 e. The fourth-order valence-corrected chi connectivity index (χ4v) is 2.91. The van der Waals surface area contributed by atoms with Gasteiger partial charge < -0.3 is 9.64 Å². The van der Waals surface area contributed by atoms with Gasteiger partial charge in [-0.3, -0.25) is 14.4 Å². The van der Waals surface area contributed by atoms with Crippen LogP contribution in [0.3, 0.4) is 0 Å². The van der Waals surface area contributed by atoms with E-state index in [1.54, 1.807) is 49.5 Å². The molecule has 0 unspecified atom stereocenters. The van der Waals surface area contributed by atoms with E-state index in [1.807, 2.05) is 0 Å². The van der Waals surface area contributed by atoms with Gasteiger partial charge in [0.1, 0.15) is 11.4 Å². The molecule has 2 heterocycles. The highest BCUT2D eigenvalue weighted by molar-refractivity contribution is 6.35. The SMILES string of the molecule is CN1C(=O)COc2cccc(N3C(=O)c4ccccc4C3=O)c21. The quantitative estimate of drug-likeness (QED) is 0.754. The number of hydrogen-bond donors (Lipinski definition) is 0. The summed E-state index contributed by atoms with van der Waals surface area (Å²) in [5.41, 5.74) is 1.50. The van der Waals surface area contributed by atoms with Crippen LogP contribution in [0.5, 0.6) is 5.75 Å². The summed E-state index contributed by atoms with van der Waals surface area (Å²) in [5, 5.41) is 0. The first-order valence-electron chi connectivity index (χ1n) is 7.10. The lowest BCUT2D eigenvalue weighted by atomic mass is 10.1. The van der Waals surface area contributed by atoms with Crippen molar-refractivity contribution in [3.8, 4) is 5.75 Å². The molecule has 3 amide bonds. The Kier molecular flexibility index (Phi) is 2.74. The predicted octanol–water partition coefficient (Wildman–Crippen LogP) is 1.84. The number of ether oxygens (including phenoxy) is 1. The average Bonchev–Trinajstić information content (AvgIpc) is 2.82. The standard InChI is InChI=1S/C17H12N2O4/c1-18-14(20)9-23-13-8-4-7-12(15(13)18)19-16(21)10-5-2-3-6-11(10)17(19)22/h2-8H,9H2,1H3. The largest absolute Gasteiger partial charge is 0.481 e. The zero-order chi connectivity index (χ0) is 16.1. The summed E-state index contributed by atoms with van der Waals surface area (Å²) >= 11 is 0.